The average Bonchev–Trinajstić information content (AvgIpc) is 3.69. The number of rotatable bonds is 4. The molecule has 60 heavy (non-hydrogen) atoms. The molecule has 3 N–H and O–H groups in total. The fourth-order valence-electron chi connectivity index (χ4n) is 10.2. The van der Waals surface area contributed by atoms with Gasteiger partial charge >= 0.3 is 24.1 Å². The summed E-state index contributed by atoms with van der Waals surface area (Å²) in [5.74, 6) is -3.29. The molecule has 2 saturated heterocycles. The molecule has 10 rings (SSSR count). The molecular formula is C41H42F3N3O12S. The molecule has 7 heterocycles. The van der Waals surface area contributed by atoms with Gasteiger partial charge in [0.05, 0.1) is 37.6 Å². The summed E-state index contributed by atoms with van der Waals surface area (Å²) >= 11 is 1.31. The van der Waals surface area contributed by atoms with Gasteiger partial charge in [0.2, 0.25) is 6.79 Å². The van der Waals surface area contributed by atoms with Gasteiger partial charge < -0.3 is 43.4 Å². The number of aromatic hydroxyl groups is 1. The Morgan fingerprint density at radius 3 is 2.43 bits per heavy atom. The number of carbonyl (C=O) groups is 3. The number of likely N-dealkylation sites (N-methyl/N-ethyl adjacent to an activating group) is 1. The van der Waals surface area contributed by atoms with Gasteiger partial charge in [-0.25, -0.2) is 9.59 Å². The molecule has 4 bridgehead atoms. The smallest absolute Gasteiger partial charge is 0.491 e. The summed E-state index contributed by atoms with van der Waals surface area (Å²) in [5.41, 5.74) is 2.86. The highest BCUT2D eigenvalue weighted by molar-refractivity contribution is 7.99. The predicted molar refractivity (Wildman–Crippen MR) is 205 cm³/mol. The first-order valence-electron chi connectivity index (χ1n) is 19.3. The number of halogens is 3. The third-order valence-electron chi connectivity index (χ3n) is 12.7. The number of phenols is 1. The molecule has 3 aromatic rings. The number of nitrogens with one attached hydrogen (secondary N) is 1. The monoisotopic (exact) mass is 857 g/mol. The van der Waals surface area contributed by atoms with Gasteiger partial charge in [-0.05, 0) is 68.1 Å². The first kappa shape index (κ1) is 40.5. The Bertz CT molecular complexity index is 2360. The zero-order valence-electron chi connectivity index (χ0n) is 33.4. The van der Waals surface area contributed by atoms with Gasteiger partial charge in [-0.1, -0.05) is 6.07 Å². The van der Waals surface area contributed by atoms with Crippen LogP contribution in [0.5, 0.6) is 40.2 Å². The van der Waals surface area contributed by atoms with Gasteiger partial charge in [-0.3, -0.25) is 19.9 Å². The molecule has 0 aliphatic carbocycles. The lowest BCUT2D eigenvalue weighted by Crippen LogP contribution is -2.70. The Kier molecular flexibility index (Phi) is 9.66. The molecule has 1 unspecified atom stereocenters. The standard InChI is InChI=1S/C41H42F3N3O12S/c1-16-9-20-10-22-37(50)47-23-13-55-38(51)40(21-12-24(53-5)25(11-19(21)7-8-45-40)59-39(52)41(42,43)44)14-60-36(30(47)29(46(22)4)26(20)31(49)32(16)54-6)28-27(23)35-34(56-15-57-35)17(2)33(28)58-18(3)48/h9,11-12,22-23,29-30,36-37,45,49-50H,7-8,10,13-15H2,1-6H3/t22-,23-,29-,30?,36-,37+,40-/m1/s1. The maximum atomic E-state index is 14.8. The van der Waals surface area contributed by atoms with Crippen molar-refractivity contribution in [2.24, 2.45) is 0 Å². The second-order valence-corrected chi connectivity index (χ2v) is 16.9. The van der Waals surface area contributed by atoms with Crippen LogP contribution < -0.4 is 33.7 Å². The van der Waals surface area contributed by atoms with E-state index in [2.05, 4.69) is 5.32 Å². The van der Waals surface area contributed by atoms with Crippen LogP contribution in [-0.2, 0) is 37.5 Å². The van der Waals surface area contributed by atoms with Gasteiger partial charge in [0, 0.05) is 47.5 Å². The van der Waals surface area contributed by atoms with Crippen molar-refractivity contribution in [3.63, 3.8) is 0 Å². The number of methoxy groups -OCH3 is 2. The second-order valence-electron chi connectivity index (χ2n) is 15.8. The molecule has 0 saturated carbocycles. The van der Waals surface area contributed by atoms with Crippen molar-refractivity contribution in [2.75, 3.05) is 47.0 Å². The highest BCUT2D eigenvalue weighted by atomic mass is 32.2. The number of benzene rings is 3. The molecule has 7 aliphatic heterocycles. The summed E-state index contributed by atoms with van der Waals surface area (Å²) in [6.45, 7) is 4.59. The highest BCUT2D eigenvalue weighted by Crippen LogP contribution is 2.64. The molecule has 2 fully saturated rings. The van der Waals surface area contributed by atoms with Crippen molar-refractivity contribution >= 4 is 29.7 Å². The van der Waals surface area contributed by atoms with Gasteiger partial charge in [-0.2, -0.15) is 13.2 Å². The van der Waals surface area contributed by atoms with Gasteiger partial charge in [0.25, 0.3) is 0 Å². The van der Waals surface area contributed by atoms with E-state index in [4.69, 9.17) is 33.2 Å². The molecule has 320 valence electrons. The van der Waals surface area contributed by atoms with Crippen LogP contribution in [0.3, 0.4) is 0 Å². The van der Waals surface area contributed by atoms with E-state index in [0.29, 0.717) is 57.1 Å². The maximum absolute atomic E-state index is 14.8. The molecule has 3 aromatic carbocycles. The zero-order chi connectivity index (χ0) is 42.7. The van der Waals surface area contributed by atoms with E-state index < -0.39 is 71.0 Å². The molecule has 0 amide bonds. The average molecular weight is 858 g/mol. The van der Waals surface area contributed by atoms with Crippen LogP contribution in [0.2, 0.25) is 0 Å². The fraction of sp³-hybridized carbons (Fsp3) is 0.488. The van der Waals surface area contributed by atoms with Crippen LogP contribution in [-0.4, -0.2) is 109 Å². The SMILES string of the molecule is COc1cc2c(cc1OC(=O)C(F)(F)F)CCN[C@]21CS[C@@H]2c3c(OC(C)=O)c(C)c4c(c3[C@@H](COC1=O)N1C2[C@H]2c3c(cc(C)c(OC)c3O)C[C@H]([C@@H]1O)N2C)OCO4. The lowest BCUT2D eigenvalue weighted by atomic mass is 9.73. The summed E-state index contributed by atoms with van der Waals surface area (Å²) < 4.78 is 80.3. The fourth-order valence-corrected chi connectivity index (χ4v) is 11.9. The van der Waals surface area contributed by atoms with Crippen molar-refractivity contribution in [3.8, 4) is 40.2 Å². The summed E-state index contributed by atoms with van der Waals surface area (Å²) in [5, 5.41) is 27.2. The number of nitrogens with zero attached hydrogens (tertiary/aromatic N) is 2. The number of alkyl halides is 3. The largest absolute Gasteiger partial charge is 0.504 e. The van der Waals surface area contributed by atoms with Crippen molar-refractivity contribution in [3.05, 3.63) is 62.7 Å². The molecule has 19 heteroatoms. The summed E-state index contributed by atoms with van der Waals surface area (Å²) in [4.78, 5) is 43.7. The van der Waals surface area contributed by atoms with E-state index in [1.54, 1.807) is 6.92 Å². The first-order valence-corrected chi connectivity index (χ1v) is 20.3. The third-order valence-corrected chi connectivity index (χ3v) is 14.2. The van der Waals surface area contributed by atoms with E-state index in [0.717, 1.165) is 11.1 Å². The molecule has 0 radical (unpaired) electrons. The summed E-state index contributed by atoms with van der Waals surface area (Å²) in [7, 11) is 4.57. The molecular weight excluding hydrogens is 816 g/mol. The molecule has 15 nitrogen and oxygen atoms in total. The Balaban J connectivity index is 1.27. The molecule has 7 atom stereocenters. The van der Waals surface area contributed by atoms with E-state index in [9.17, 15) is 37.8 Å². The second kappa shape index (κ2) is 14.3. The van der Waals surface area contributed by atoms with E-state index in [1.165, 1.54) is 45.0 Å². The number of aliphatic hydroxyl groups excluding tert-OH is 1. The number of phenolic OH excluding ortho intramolecular Hbond substituents is 1. The Morgan fingerprint density at radius 2 is 1.73 bits per heavy atom. The quantitative estimate of drug-likeness (QED) is 0.252. The maximum Gasteiger partial charge on any atom is 0.491 e. The zero-order valence-corrected chi connectivity index (χ0v) is 34.2. The lowest BCUT2D eigenvalue weighted by Gasteiger charge is -2.62. The summed E-state index contributed by atoms with van der Waals surface area (Å²) in [6.07, 6.45) is -5.80. The van der Waals surface area contributed by atoms with E-state index in [-0.39, 0.29) is 49.4 Å². The summed E-state index contributed by atoms with van der Waals surface area (Å²) in [6, 6.07) is 1.91. The van der Waals surface area contributed by atoms with E-state index >= 15 is 0 Å². The first-order chi connectivity index (χ1) is 28.5. The number of ether oxygens (including phenoxy) is 7. The Hall–Kier alpha value is -4.95. The number of aryl methyl sites for hydroxylation is 1. The number of piperazine rings is 1. The van der Waals surface area contributed by atoms with Gasteiger partial charge in [-0.15, -0.1) is 11.8 Å². The highest BCUT2D eigenvalue weighted by Gasteiger charge is 2.61. The third kappa shape index (κ3) is 5.83. The van der Waals surface area contributed by atoms with Crippen LogP contribution in [0, 0.1) is 13.8 Å². The number of esters is 3. The number of hydrogen-bond acceptors (Lipinski definition) is 16. The number of hydrogen-bond donors (Lipinski definition) is 3. The molecule has 7 aliphatic rings. The predicted octanol–water partition coefficient (Wildman–Crippen LogP) is 4.18. The van der Waals surface area contributed by atoms with Gasteiger partial charge in [0.15, 0.2) is 40.0 Å². The van der Waals surface area contributed by atoms with Crippen LogP contribution in [0.4, 0.5) is 13.2 Å². The van der Waals surface area contributed by atoms with Crippen LogP contribution in [0.15, 0.2) is 18.2 Å². The number of carbonyl (C=O) groups excluding carboxylic acids is 3. The van der Waals surface area contributed by atoms with Crippen molar-refractivity contribution in [1.29, 1.82) is 0 Å². The number of thioether (sulfide) groups is 1. The minimum Gasteiger partial charge on any atom is -0.504 e. The van der Waals surface area contributed by atoms with Crippen molar-refractivity contribution < 1.29 is 70.9 Å². The topological polar surface area (TPSA) is 175 Å². The number of aliphatic hydroxyl groups is 1. The van der Waals surface area contributed by atoms with Gasteiger partial charge in [0.1, 0.15) is 18.6 Å². The van der Waals surface area contributed by atoms with Crippen LogP contribution >= 0.6 is 11.8 Å². The molecule has 1 spiro atoms. The van der Waals surface area contributed by atoms with Crippen LogP contribution in [0.25, 0.3) is 0 Å². The number of fused-ring (bicyclic) bond motifs is 9. The van der Waals surface area contributed by atoms with Crippen LogP contribution in [0.1, 0.15) is 68.8 Å². The Labute approximate surface area is 345 Å². The van der Waals surface area contributed by atoms with E-state index in [1.807, 2.05) is 29.8 Å². The molecule has 0 aromatic heterocycles. The normalized spacial score (nSPS) is 27.9. The van der Waals surface area contributed by atoms with Crippen molar-refractivity contribution in [1.82, 2.24) is 15.1 Å². The minimum atomic E-state index is -5.27. The minimum absolute atomic E-state index is 0.0423. The van der Waals surface area contributed by atoms with Crippen molar-refractivity contribution in [2.45, 2.75) is 81.0 Å². The Morgan fingerprint density at radius 1 is 0.983 bits per heavy atom. The lowest BCUT2D eigenvalue weighted by molar-refractivity contribution is -0.189.